The minimum Gasteiger partial charge on any atom is -0.375 e. The van der Waals surface area contributed by atoms with Gasteiger partial charge in [-0.3, -0.25) is 4.79 Å². The lowest BCUT2D eigenvalue weighted by molar-refractivity contribution is -0.174. The Kier molecular flexibility index (Phi) is 3.18. The number of hydrogen-bond donors (Lipinski definition) is 0. The van der Waals surface area contributed by atoms with Crippen molar-refractivity contribution in [2.75, 3.05) is 6.61 Å². The molecule has 6 atom stereocenters. The third kappa shape index (κ3) is 1.99. The highest BCUT2D eigenvalue weighted by atomic mass is 16.5. The zero-order valence-electron chi connectivity index (χ0n) is 14.5. The first kappa shape index (κ1) is 14.9. The number of rotatable bonds is 0. The molecule has 0 aromatic rings. The van der Waals surface area contributed by atoms with Crippen molar-refractivity contribution in [2.24, 2.45) is 35.0 Å². The number of allylic oxidation sites excluding steroid dienone is 2. The Balaban J connectivity index is 1.77. The topological polar surface area (TPSA) is 26.3 Å². The molecule has 122 valence electrons. The number of fused-ring (bicyclic) bond motifs is 3. The van der Waals surface area contributed by atoms with Crippen LogP contribution in [0.25, 0.3) is 0 Å². The van der Waals surface area contributed by atoms with Gasteiger partial charge in [-0.1, -0.05) is 18.6 Å². The van der Waals surface area contributed by atoms with Crippen LogP contribution >= 0.6 is 0 Å². The third-order valence-corrected chi connectivity index (χ3v) is 7.66. The van der Waals surface area contributed by atoms with E-state index >= 15 is 0 Å². The molecule has 22 heavy (non-hydrogen) atoms. The second-order valence-electron chi connectivity index (χ2n) is 9.29. The van der Waals surface area contributed by atoms with Crippen molar-refractivity contribution in [3.63, 3.8) is 0 Å². The van der Waals surface area contributed by atoms with Gasteiger partial charge in [0.05, 0.1) is 12.2 Å². The molecule has 1 heterocycles. The van der Waals surface area contributed by atoms with E-state index in [1.165, 1.54) is 24.8 Å². The molecular formula is C20H30O2. The van der Waals surface area contributed by atoms with Gasteiger partial charge in [0.25, 0.3) is 0 Å². The van der Waals surface area contributed by atoms with Crippen LogP contribution in [0.1, 0.15) is 59.8 Å². The second-order valence-corrected chi connectivity index (χ2v) is 9.29. The highest BCUT2D eigenvalue weighted by Crippen LogP contribution is 2.60. The SMILES string of the molecule is CC1=CC[C@@H]2[C@@H](C1)C(=O)[C@@H]1COC(C)(C)[C@@H]3CC[C@@]2(C)C[C@@H]31. The average molecular weight is 302 g/mol. The van der Waals surface area contributed by atoms with Gasteiger partial charge < -0.3 is 4.74 Å². The van der Waals surface area contributed by atoms with Gasteiger partial charge >= 0.3 is 0 Å². The van der Waals surface area contributed by atoms with Gasteiger partial charge in [-0.2, -0.15) is 0 Å². The van der Waals surface area contributed by atoms with Crippen molar-refractivity contribution >= 4 is 5.78 Å². The highest BCUT2D eigenvalue weighted by Gasteiger charge is 2.58. The van der Waals surface area contributed by atoms with E-state index in [0.717, 1.165) is 12.8 Å². The lowest BCUT2D eigenvalue weighted by Crippen LogP contribution is -2.53. The zero-order chi connectivity index (χ0) is 15.7. The van der Waals surface area contributed by atoms with Crippen LogP contribution in [0.15, 0.2) is 11.6 Å². The van der Waals surface area contributed by atoms with Gasteiger partial charge in [0.15, 0.2) is 0 Å². The van der Waals surface area contributed by atoms with Gasteiger partial charge in [-0.15, -0.1) is 0 Å². The molecule has 4 aliphatic rings. The van der Waals surface area contributed by atoms with Gasteiger partial charge in [-0.25, -0.2) is 0 Å². The van der Waals surface area contributed by atoms with Gasteiger partial charge in [0.2, 0.25) is 0 Å². The van der Waals surface area contributed by atoms with Crippen LogP contribution in [-0.2, 0) is 9.53 Å². The van der Waals surface area contributed by atoms with Crippen LogP contribution < -0.4 is 0 Å². The third-order valence-electron chi connectivity index (χ3n) is 7.66. The fourth-order valence-corrected chi connectivity index (χ4v) is 6.34. The van der Waals surface area contributed by atoms with E-state index in [1.807, 2.05) is 0 Å². The molecule has 0 radical (unpaired) electrons. The van der Waals surface area contributed by atoms with Crippen molar-refractivity contribution in [3.05, 3.63) is 11.6 Å². The second kappa shape index (κ2) is 4.69. The molecule has 3 fully saturated rings. The van der Waals surface area contributed by atoms with Crippen molar-refractivity contribution in [1.82, 2.24) is 0 Å². The Morgan fingerprint density at radius 3 is 2.73 bits per heavy atom. The quantitative estimate of drug-likeness (QED) is 0.620. The van der Waals surface area contributed by atoms with Crippen molar-refractivity contribution < 1.29 is 9.53 Å². The fraction of sp³-hybridized carbons (Fsp3) is 0.850. The summed E-state index contributed by atoms with van der Waals surface area (Å²) in [6.07, 6.45) is 8.28. The van der Waals surface area contributed by atoms with E-state index < -0.39 is 0 Å². The first-order valence-corrected chi connectivity index (χ1v) is 9.15. The van der Waals surface area contributed by atoms with Crippen LogP contribution in [0.4, 0.5) is 0 Å². The molecular weight excluding hydrogens is 272 g/mol. The van der Waals surface area contributed by atoms with E-state index in [9.17, 15) is 4.79 Å². The summed E-state index contributed by atoms with van der Waals surface area (Å²) in [7, 11) is 0. The summed E-state index contributed by atoms with van der Waals surface area (Å²) >= 11 is 0. The number of carbonyl (C=O) groups excluding carboxylic acids is 1. The summed E-state index contributed by atoms with van der Waals surface area (Å²) < 4.78 is 6.19. The Morgan fingerprint density at radius 2 is 1.95 bits per heavy atom. The summed E-state index contributed by atoms with van der Waals surface area (Å²) in [4.78, 5) is 13.3. The minimum atomic E-state index is -0.0492. The number of ether oxygens (including phenoxy) is 1. The van der Waals surface area contributed by atoms with Crippen LogP contribution in [0, 0.1) is 35.0 Å². The van der Waals surface area contributed by atoms with Crippen molar-refractivity contribution in [2.45, 2.75) is 65.4 Å². The molecule has 2 saturated carbocycles. The highest BCUT2D eigenvalue weighted by molar-refractivity contribution is 5.85. The fourth-order valence-electron chi connectivity index (χ4n) is 6.34. The predicted octanol–water partition coefficient (Wildman–Crippen LogP) is 4.39. The molecule has 2 heteroatoms. The van der Waals surface area contributed by atoms with E-state index in [0.29, 0.717) is 35.6 Å². The van der Waals surface area contributed by atoms with Gasteiger partial charge in [0, 0.05) is 11.8 Å². The largest absolute Gasteiger partial charge is 0.375 e. The first-order chi connectivity index (χ1) is 10.3. The summed E-state index contributed by atoms with van der Waals surface area (Å²) in [5.74, 6) is 2.65. The van der Waals surface area contributed by atoms with E-state index in [-0.39, 0.29) is 17.4 Å². The summed E-state index contributed by atoms with van der Waals surface area (Å²) in [5.41, 5.74) is 1.73. The van der Waals surface area contributed by atoms with Gasteiger partial charge in [-0.05, 0) is 76.0 Å². The molecule has 3 aliphatic carbocycles. The predicted molar refractivity (Wildman–Crippen MR) is 87.4 cm³/mol. The molecule has 0 aromatic heterocycles. The summed E-state index contributed by atoms with van der Waals surface area (Å²) in [6, 6.07) is 0. The number of hydrogen-bond acceptors (Lipinski definition) is 2. The maximum absolute atomic E-state index is 13.3. The molecule has 4 rings (SSSR count). The summed E-state index contributed by atoms with van der Waals surface area (Å²) in [5, 5.41) is 0. The smallest absolute Gasteiger partial charge is 0.142 e. The van der Waals surface area contributed by atoms with E-state index in [2.05, 4.69) is 33.8 Å². The van der Waals surface area contributed by atoms with Crippen LogP contribution in [0.3, 0.4) is 0 Å². The Labute approximate surface area is 134 Å². The Bertz CT molecular complexity index is 532. The van der Waals surface area contributed by atoms with Crippen molar-refractivity contribution in [1.29, 1.82) is 0 Å². The van der Waals surface area contributed by atoms with Crippen LogP contribution in [-0.4, -0.2) is 18.0 Å². The molecule has 0 spiro atoms. The van der Waals surface area contributed by atoms with Crippen LogP contribution in [0.5, 0.6) is 0 Å². The lowest BCUT2D eigenvalue weighted by atomic mass is 9.55. The first-order valence-electron chi connectivity index (χ1n) is 9.15. The molecule has 0 amide bonds. The van der Waals surface area contributed by atoms with Gasteiger partial charge in [0.1, 0.15) is 5.78 Å². The monoisotopic (exact) mass is 302 g/mol. The normalized spacial score (nSPS) is 49.9. The van der Waals surface area contributed by atoms with Crippen LogP contribution in [0.2, 0.25) is 0 Å². The number of Topliss-reactive ketones (excluding diaryl/α,β-unsaturated/α-hetero) is 1. The Hall–Kier alpha value is -0.630. The van der Waals surface area contributed by atoms with E-state index in [1.54, 1.807) is 0 Å². The Morgan fingerprint density at radius 1 is 1.18 bits per heavy atom. The standard InChI is InChI=1S/C20H30O2/c1-12-5-6-17-13(9-12)18(21)15-11-22-19(2,3)16-7-8-20(17,4)10-14(15)16/h5,13-17H,6-11H2,1-4H3/t13-,14-,15-,16-,17-,20+/m1/s1. The zero-order valence-corrected chi connectivity index (χ0v) is 14.5. The number of carbonyl (C=O) groups is 1. The molecule has 0 aromatic carbocycles. The lowest BCUT2D eigenvalue weighted by Gasteiger charge is -2.53. The van der Waals surface area contributed by atoms with E-state index in [4.69, 9.17) is 4.74 Å². The molecule has 0 N–H and O–H groups in total. The molecule has 2 bridgehead atoms. The molecule has 1 aliphatic heterocycles. The average Bonchev–Trinajstić information content (AvgIpc) is 2.52. The minimum absolute atomic E-state index is 0.0492. The molecule has 1 saturated heterocycles. The number of ketones is 1. The maximum Gasteiger partial charge on any atom is 0.142 e. The maximum atomic E-state index is 13.3. The molecule has 2 nitrogen and oxygen atoms in total. The summed E-state index contributed by atoms with van der Waals surface area (Å²) in [6.45, 7) is 9.82. The van der Waals surface area contributed by atoms with Crippen molar-refractivity contribution in [3.8, 4) is 0 Å². The molecule has 0 unspecified atom stereocenters.